The monoisotopic (exact) mass is 783 g/mol. The number of hydrogen-bond acceptors (Lipinski definition) is 0. The first-order chi connectivity index (χ1) is 27.7. The minimum Gasteiger partial charge on any atom is -0.104 e. The number of aryl methyl sites for hydroxylation is 3. The highest BCUT2D eigenvalue weighted by molar-refractivity contribution is 6.28. The van der Waals surface area contributed by atoms with Crippen molar-refractivity contribution in [1.29, 1.82) is 0 Å². The Labute approximate surface area is 353 Å². The molecule has 56 heavy (non-hydrogen) atoms. The highest BCUT2D eigenvalue weighted by Crippen LogP contribution is 2.48. The van der Waals surface area contributed by atoms with Crippen LogP contribution in [0.5, 0.6) is 0 Å². The van der Waals surface area contributed by atoms with E-state index in [1.165, 1.54) is 226 Å². The van der Waals surface area contributed by atoms with Gasteiger partial charge >= 0.3 is 0 Å². The van der Waals surface area contributed by atoms with Gasteiger partial charge in [0.05, 0.1) is 0 Å². The minimum atomic E-state index is -0.709. The fraction of sp³-hybridized carbons (Fsp3) is 0.673. The van der Waals surface area contributed by atoms with Crippen molar-refractivity contribution in [2.24, 2.45) is 0 Å². The van der Waals surface area contributed by atoms with E-state index in [0.29, 0.717) is 0 Å². The lowest BCUT2D eigenvalue weighted by Crippen LogP contribution is -2.27. The Morgan fingerprint density at radius 1 is 0.286 bits per heavy atom. The summed E-state index contributed by atoms with van der Waals surface area (Å²) in [7, 11) is 0. The molecule has 0 aliphatic heterocycles. The molecule has 0 amide bonds. The summed E-state index contributed by atoms with van der Waals surface area (Å²) >= 11 is 8.43. The summed E-state index contributed by atoms with van der Waals surface area (Å²) in [5, 5.41) is 0. The van der Waals surface area contributed by atoms with Gasteiger partial charge in [0, 0.05) is 0 Å². The SMILES string of the molecule is CCCCCCCCCCCCc1ccccc1C(Cl)(c1ccccc1CCCCCCCCCCCC)c1ccccc1CCCCCCCCCCCC. The van der Waals surface area contributed by atoms with Gasteiger partial charge in [0.25, 0.3) is 0 Å². The zero-order valence-corrected chi connectivity index (χ0v) is 37.9. The highest BCUT2D eigenvalue weighted by Gasteiger charge is 2.38. The van der Waals surface area contributed by atoms with Gasteiger partial charge in [-0.3, -0.25) is 0 Å². The highest BCUT2D eigenvalue weighted by atomic mass is 35.5. The van der Waals surface area contributed by atoms with E-state index < -0.39 is 4.87 Å². The number of hydrogen-bond donors (Lipinski definition) is 0. The molecule has 3 aromatic rings. The smallest absolute Gasteiger partial charge is 0.104 e. The van der Waals surface area contributed by atoms with Crippen molar-refractivity contribution in [1.82, 2.24) is 0 Å². The average molecular weight is 784 g/mol. The number of unbranched alkanes of at least 4 members (excludes halogenated alkanes) is 27. The molecule has 0 aromatic heterocycles. The summed E-state index contributed by atoms with van der Waals surface area (Å²) in [6, 6.07) is 27.7. The standard InChI is InChI=1S/C55H87Cl/c1-4-7-10-13-16-19-22-25-28-31-40-49-43-34-37-46-52(49)55(56,53-47-38-35-44-50(53)41-32-29-26-23-20-17-14-11-8-5-2)54-48-39-36-45-51(54)42-33-30-27-24-21-18-15-12-9-6-3/h34-39,43-48H,4-33,40-42H2,1-3H3. The molecule has 0 saturated carbocycles. The van der Waals surface area contributed by atoms with Crippen LogP contribution in [0.4, 0.5) is 0 Å². The van der Waals surface area contributed by atoms with Crippen LogP contribution in [0.15, 0.2) is 72.8 Å². The number of halogens is 1. The van der Waals surface area contributed by atoms with E-state index in [2.05, 4.69) is 93.6 Å². The first-order valence-electron chi connectivity index (χ1n) is 24.6. The average Bonchev–Trinajstić information content (AvgIpc) is 3.23. The van der Waals surface area contributed by atoms with Crippen molar-refractivity contribution in [3.8, 4) is 0 Å². The number of benzene rings is 3. The normalized spacial score (nSPS) is 11.8. The molecule has 3 rings (SSSR count). The molecular weight excluding hydrogens is 696 g/mol. The van der Waals surface area contributed by atoms with E-state index in [1.54, 1.807) is 0 Å². The Morgan fingerprint density at radius 2 is 0.482 bits per heavy atom. The lowest BCUT2D eigenvalue weighted by molar-refractivity contribution is 0.554. The van der Waals surface area contributed by atoms with Crippen LogP contribution < -0.4 is 0 Å². The molecule has 0 saturated heterocycles. The third kappa shape index (κ3) is 18.7. The summed E-state index contributed by atoms with van der Waals surface area (Å²) in [5.41, 5.74) is 8.23. The Bertz CT molecular complexity index is 1190. The maximum absolute atomic E-state index is 8.43. The Hall–Kier alpha value is -2.05. The van der Waals surface area contributed by atoms with Crippen LogP contribution in [0.2, 0.25) is 0 Å². The van der Waals surface area contributed by atoms with Gasteiger partial charge < -0.3 is 0 Å². The molecule has 0 nitrogen and oxygen atoms in total. The zero-order chi connectivity index (χ0) is 39.8. The van der Waals surface area contributed by atoms with Crippen molar-refractivity contribution < 1.29 is 0 Å². The molecule has 0 heterocycles. The Balaban J connectivity index is 1.76. The van der Waals surface area contributed by atoms with Crippen molar-refractivity contribution >= 4 is 11.6 Å². The second-order valence-electron chi connectivity index (χ2n) is 17.4. The fourth-order valence-corrected chi connectivity index (χ4v) is 9.62. The van der Waals surface area contributed by atoms with Crippen LogP contribution in [-0.4, -0.2) is 0 Å². The molecule has 3 aromatic carbocycles. The van der Waals surface area contributed by atoms with Gasteiger partial charge in [-0.25, -0.2) is 0 Å². The van der Waals surface area contributed by atoms with Crippen molar-refractivity contribution in [3.05, 3.63) is 106 Å². The van der Waals surface area contributed by atoms with Crippen LogP contribution in [-0.2, 0) is 24.1 Å². The van der Waals surface area contributed by atoms with Gasteiger partial charge in [0.15, 0.2) is 0 Å². The Kier molecular flexibility index (Phi) is 27.5. The summed E-state index contributed by atoms with van der Waals surface area (Å²) in [6.45, 7) is 6.92. The summed E-state index contributed by atoms with van der Waals surface area (Å²) in [4.78, 5) is -0.709. The van der Waals surface area contributed by atoms with Crippen LogP contribution in [0, 0.1) is 0 Å². The second-order valence-corrected chi connectivity index (χ2v) is 18.0. The third-order valence-electron chi connectivity index (χ3n) is 12.6. The molecule has 0 spiro atoms. The lowest BCUT2D eigenvalue weighted by Gasteiger charge is -2.35. The predicted octanol–water partition coefficient (Wildman–Crippen LogP) is 18.6. The maximum atomic E-state index is 8.43. The van der Waals surface area contributed by atoms with Crippen LogP contribution in [0.1, 0.15) is 247 Å². The molecule has 0 fully saturated rings. The molecule has 0 N–H and O–H groups in total. The molecule has 0 radical (unpaired) electrons. The van der Waals surface area contributed by atoms with Gasteiger partial charge in [0.2, 0.25) is 0 Å². The van der Waals surface area contributed by atoms with Gasteiger partial charge in [-0.2, -0.15) is 0 Å². The van der Waals surface area contributed by atoms with E-state index in [9.17, 15) is 0 Å². The van der Waals surface area contributed by atoms with Crippen LogP contribution in [0.25, 0.3) is 0 Å². The quantitative estimate of drug-likeness (QED) is 0.0313. The maximum Gasteiger partial charge on any atom is 0.120 e. The first kappa shape index (κ1) is 48.3. The molecule has 0 unspecified atom stereocenters. The lowest BCUT2D eigenvalue weighted by atomic mass is 9.76. The van der Waals surface area contributed by atoms with Crippen molar-refractivity contribution in [3.63, 3.8) is 0 Å². The predicted molar refractivity (Wildman–Crippen MR) is 252 cm³/mol. The molecule has 0 bridgehead atoms. The minimum absolute atomic E-state index is 0.709. The van der Waals surface area contributed by atoms with Crippen molar-refractivity contribution in [2.75, 3.05) is 0 Å². The topological polar surface area (TPSA) is 0 Å². The van der Waals surface area contributed by atoms with Gasteiger partial charge in [-0.05, 0) is 71.9 Å². The van der Waals surface area contributed by atoms with Crippen LogP contribution in [0.3, 0.4) is 0 Å². The molecule has 0 aliphatic rings. The number of alkyl halides is 1. The molecular formula is C55H87Cl. The van der Waals surface area contributed by atoms with Gasteiger partial charge in [-0.15, -0.1) is 11.6 Å². The van der Waals surface area contributed by atoms with E-state index in [0.717, 1.165) is 19.3 Å². The van der Waals surface area contributed by atoms with Crippen molar-refractivity contribution in [2.45, 2.75) is 238 Å². The summed E-state index contributed by atoms with van der Waals surface area (Å²) in [5.74, 6) is 0. The zero-order valence-electron chi connectivity index (χ0n) is 37.1. The number of rotatable bonds is 36. The Morgan fingerprint density at radius 3 is 0.714 bits per heavy atom. The first-order valence-corrected chi connectivity index (χ1v) is 25.0. The van der Waals surface area contributed by atoms with Gasteiger partial charge in [0.1, 0.15) is 4.87 Å². The largest absolute Gasteiger partial charge is 0.120 e. The molecule has 314 valence electrons. The third-order valence-corrected chi connectivity index (χ3v) is 13.2. The van der Waals surface area contributed by atoms with Gasteiger partial charge in [-0.1, -0.05) is 267 Å². The van der Waals surface area contributed by atoms with E-state index in [-0.39, 0.29) is 0 Å². The summed E-state index contributed by atoms with van der Waals surface area (Å²) in [6.07, 6.45) is 44.3. The van der Waals surface area contributed by atoms with E-state index in [4.69, 9.17) is 11.6 Å². The summed E-state index contributed by atoms with van der Waals surface area (Å²) < 4.78 is 0. The van der Waals surface area contributed by atoms with E-state index >= 15 is 0 Å². The molecule has 0 atom stereocenters. The molecule has 0 aliphatic carbocycles. The molecule has 1 heteroatoms. The second kappa shape index (κ2) is 31.9. The van der Waals surface area contributed by atoms with E-state index in [1.807, 2.05) is 0 Å². The fourth-order valence-electron chi connectivity index (χ4n) is 9.07. The van der Waals surface area contributed by atoms with Crippen LogP contribution >= 0.6 is 11.6 Å².